The quantitative estimate of drug-likeness (QED) is 0.419. The summed E-state index contributed by atoms with van der Waals surface area (Å²) in [5, 5.41) is 4.57. The van der Waals surface area contributed by atoms with Crippen molar-refractivity contribution < 1.29 is 4.74 Å². The fourth-order valence-corrected chi connectivity index (χ4v) is 3.21. The van der Waals surface area contributed by atoms with Gasteiger partial charge in [-0.05, 0) is 29.3 Å². The minimum Gasteiger partial charge on any atom is -0.438 e. The molecule has 3 nitrogen and oxygen atoms in total. The van der Waals surface area contributed by atoms with Crippen LogP contribution in [0.1, 0.15) is 0 Å². The third kappa shape index (κ3) is 1.88. The van der Waals surface area contributed by atoms with Gasteiger partial charge in [0.2, 0.25) is 5.88 Å². The van der Waals surface area contributed by atoms with Crippen LogP contribution in [-0.2, 0) is 0 Å². The molecule has 0 atom stereocenters. The zero-order chi connectivity index (χ0) is 15.9. The molecule has 0 aliphatic carbocycles. The lowest BCUT2D eigenvalue weighted by Gasteiger charge is -2.10. The molecule has 1 aromatic heterocycles. The van der Waals surface area contributed by atoms with E-state index in [1.165, 1.54) is 5.56 Å². The van der Waals surface area contributed by atoms with Crippen LogP contribution in [0, 0.1) is 0 Å². The van der Waals surface area contributed by atoms with Crippen LogP contribution in [-0.4, -0.2) is 9.78 Å². The van der Waals surface area contributed by atoms with Gasteiger partial charge in [0.1, 0.15) is 5.75 Å². The molecule has 3 aromatic carbocycles. The first kappa shape index (κ1) is 13.1. The molecule has 0 unspecified atom stereocenters. The standard InChI is InChI=1S/C21H14N2O/c1-2-8-15(9-3-1)23-21-19(14-22-23)17-11-5-4-10-16(17)18-12-6-7-13-20(18)24-21/h1-14H. The molecule has 3 heteroatoms. The topological polar surface area (TPSA) is 27.1 Å². The third-order valence-electron chi connectivity index (χ3n) is 4.33. The van der Waals surface area contributed by atoms with E-state index in [1.807, 2.05) is 59.4 Å². The van der Waals surface area contributed by atoms with Crippen LogP contribution >= 0.6 is 0 Å². The van der Waals surface area contributed by atoms with Crippen molar-refractivity contribution in [3.05, 3.63) is 85.1 Å². The molecule has 0 spiro atoms. The number of para-hydroxylation sites is 2. The number of aromatic nitrogens is 2. The Balaban J connectivity index is 1.82. The first-order valence-electron chi connectivity index (χ1n) is 7.92. The highest BCUT2D eigenvalue weighted by Gasteiger charge is 2.24. The van der Waals surface area contributed by atoms with Gasteiger partial charge in [-0.1, -0.05) is 60.7 Å². The number of nitrogens with zero attached hydrogens (tertiary/aromatic N) is 2. The van der Waals surface area contributed by atoms with Gasteiger partial charge in [0.25, 0.3) is 0 Å². The number of ether oxygens (including phenoxy) is 1. The largest absolute Gasteiger partial charge is 0.438 e. The smallest absolute Gasteiger partial charge is 0.230 e. The van der Waals surface area contributed by atoms with Gasteiger partial charge in [-0.25, -0.2) is 4.68 Å². The molecular formula is C21H14N2O. The lowest BCUT2D eigenvalue weighted by molar-refractivity contribution is 0.449. The first-order chi connectivity index (χ1) is 11.9. The molecule has 24 heavy (non-hydrogen) atoms. The van der Waals surface area contributed by atoms with Crippen molar-refractivity contribution in [2.45, 2.75) is 0 Å². The molecule has 2 heterocycles. The number of hydrogen-bond donors (Lipinski definition) is 0. The molecule has 0 saturated carbocycles. The van der Waals surface area contributed by atoms with Gasteiger partial charge >= 0.3 is 0 Å². The summed E-state index contributed by atoms with van der Waals surface area (Å²) in [7, 11) is 0. The normalized spacial score (nSPS) is 11.7. The Hall–Kier alpha value is -3.33. The summed E-state index contributed by atoms with van der Waals surface area (Å²) in [5.41, 5.74) is 5.39. The molecule has 114 valence electrons. The van der Waals surface area contributed by atoms with Gasteiger partial charge in [-0.3, -0.25) is 0 Å². The zero-order valence-electron chi connectivity index (χ0n) is 12.9. The van der Waals surface area contributed by atoms with Gasteiger partial charge in [0.15, 0.2) is 0 Å². The number of hydrogen-bond acceptors (Lipinski definition) is 2. The van der Waals surface area contributed by atoms with E-state index in [2.05, 4.69) is 35.4 Å². The fourth-order valence-electron chi connectivity index (χ4n) is 3.21. The van der Waals surface area contributed by atoms with Crippen LogP contribution in [0.4, 0.5) is 0 Å². The molecule has 5 rings (SSSR count). The predicted molar refractivity (Wildman–Crippen MR) is 94.5 cm³/mol. The number of fused-ring (bicyclic) bond motifs is 5. The van der Waals surface area contributed by atoms with Crippen molar-refractivity contribution in [2.24, 2.45) is 0 Å². The molecule has 4 aromatic rings. The second-order valence-electron chi connectivity index (χ2n) is 5.75. The van der Waals surface area contributed by atoms with Crippen molar-refractivity contribution in [1.29, 1.82) is 0 Å². The summed E-state index contributed by atoms with van der Waals surface area (Å²) < 4.78 is 8.17. The summed E-state index contributed by atoms with van der Waals surface area (Å²) in [6.45, 7) is 0. The second-order valence-corrected chi connectivity index (χ2v) is 5.75. The Labute approximate surface area is 139 Å². The summed E-state index contributed by atoms with van der Waals surface area (Å²) in [6, 6.07) is 26.6. The van der Waals surface area contributed by atoms with Gasteiger partial charge in [-0.2, -0.15) is 5.10 Å². The highest BCUT2D eigenvalue weighted by Crippen LogP contribution is 2.46. The van der Waals surface area contributed by atoms with Crippen molar-refractivity contribution in [3.8, 4) is 39.6 Å². The van der Waals surface area contributed by atoms with E-state index in [0.717, 1.165) is 34.0 Å². The molecule has 0 N–H and O–H groups in total. The van der Waals surface area contributed by atoms with E-state index >= 15 is 0 Å². The Bertz CT molecular complexity index is 1030. The molecule has 0 fully saturated rings. The average Bonchev–Trinajstić information content (AvgIpc) is 3.00. The van der Waals surface area contributed by atoms with Crippen LogP contribution in [0.15, 0.2) is 85.1 Å². The van der Waals surface area contributed by atoms with Crippen molar-refractivity contribution >= 4 is 0 Å². The first-order valence-corrected chi connectivity index (χ1v) is 7.92. The van der Waals surface area contributed by atoms with E-state index < -0.39 is 0 Å². The van der Waals surface area contributed by atoms with Gasteiger partial charge in [0, 0.05) is 5.56 Å². The molecule has 0 saturated heterocycles. The molecule has 1 aliphatic heterocycles. The van der Waals surface area contributed by atoms with Crippen molar-refractivity contribution in [1.82, 2.24) is 9.78 Å². The Morgan fingerprint density at radius 3 is 2.04 bits per heavy atom. The fraction of sp³-hybridized carbons (Fsp3) is 0. The monoisotopic (exact) mass is 310 g/mol. The predicted octanol–water partition coefficient (Wildman–Crippen LogP) is 5.31. The van der Waals surface area contributed by atoms with Crippen LogP contribution in [0.5, 0.6) is 11.6 Å². The average molecular weight is 310 g/mol. The minimum atomic E-state index is 0.749. The highest BCUT2D eigenvalue weighted by molar-refractivity contribution is 5.89. The van der Waals surface area contributed by atoms with Crippen LogP contribution in [0.25, 0.3) is 27.9 Å². The zero-order valence-corrected chi connectivity index (χ0v) is 12.9. The second kappa shape index (κ2) is 5.10. The Kier molecular flexibility index (Phi) is 2.79. The lowest BCUT2D eigenvalue weighted by Crippen LogP contribution is -1.99. The van der Waals surface area contributed by atoms with Gasteiger partial charge in [0.05, 0.1) is 17.4 Å². The van der Waals surface area contributed by atoms with E-state index in [9.17, 15) is 0 Å². The maximum atomic E-state index is 6.31. The van der Waals surface area contributed by atoms with Crippen LogP contribution in [0.2, 0.25) is 0 Å². The maximum absolute atomic E-state index is 6.31. The molecule has 1 aliphatic rings. The Morgan fingerprint density at radius 2 is 1.25 bits per heavy atom. The van der Waals surface area contributed by atoms with E-state index in [-0.39, 0.29) is 0 Å². The highest BCUT2D eigenvalue weighted by atomic mass is 16.5. The van der Waals surface area contributed by atoms with Crippen LogP contribution < -0.4 is 4.74 Å². The van der Waals surface area contributed by atoms with Crippen molar-refractivity contribution in [3.63, 3.8) is 0 Å². The summed E-state index contributed by atoms with van der Waals surface area (Å²) in [4.78, 5) is 0. The molecule has 0 bridgehead atoms. The van der Waals surface area contributed by atoms with Gasteiger partial charge < -0.3 is 4.74 Å². The van der Waals surface area contributed by atoms with E-state index in [1.54, 1.807) is 0 Å². The third-order valence-corrected chi connectivity index (χ3v) is 4.33. The van der Waals surface area contributed by atoms with Gasteiger partial charge in [-0.15, -0.1) is 0 Å². The Morgan fingerprint density at radius 1 is 0.625 bits per heavy atom. The number of benzene rings is 3. The molecule has 0 amide bonds. The molecule has 0 radical (unpaired) electrons. The summed E-state index contributed by atoms with van der Waals surface area (Å²) >= 11 is 0. The maximum Gasteiger partial charge on any atom is 0.230 e. The van der Waals surface area contributed by atoms with E-state index in [4.69, 9.17) is 4.74 Å². The van der Waals surface area contributed by atoms with Crippen LogP contribution in [0.3, 0.4) is 0 Å². The van der Waals surface area contributed by atoms with Crippen molar-refractivity contribution in [2.75, 3.05) is 0 Å². The minimum absolute atomic E-state index is 0.749. The SMILES string of the molecule is c1ccc(-n2ncc3c2Oc2ccccc2-c2ccccc2-3)cc1. The lowest BCUT2D eigenvalue weighted by atomic mass is 9.96. The summed E-state index contributed by atoms with van der Waals surface area (Å²) in [5.74, 6) is 1.60. The summed E-state index contributed by atoms with van der Waals surface area (Å²) in [6.07, 6.45) is 1.88. The molecular weight excluding hydrogens is 296 g/mol. The van der Waals surface area contributed by atoms with E-state index in [0.29, 0.717) is 0 Å². The number of rotatable bonds is 1.